The minimum Gasteiger partial charge on any atom is -0.490 e. The van der Waals surface area contributed by atoms with Crippen LogP contribution in [-0.4, -0.2) is 25.9 Å². The molecule has 1 fully saturated rings. The van der Waals surface area contributed by atoms with Gasteiger partial charge in [-0.05, 0) is 42.9 Å². The molecule has 2 aliphatic rings. The van der Waals surface area contributed by atoms with Gasteiger partial charge in [-0.15, -0.1) is 0 Å². The zero-order chi connectivity index (χ0) is 12.4. The molecular formula is C15H21NO2. The molecule has 0 radical (unpaired) electrons. The Bertz CT molecular complexity index is 388. The summed E-state index contributed by atoms with van der Waals surface area (Å²) in [4.78, 5) is 0. The van der Waals surface area contributed by atoms with Crippen LogP contribution in [-0.2, 0) is 11.2 Å². The number of benzene rings is 1. The van der Waals surface area contributed by atoms with E-state index in [1.165, 1.54) is 5.56 Å². The maximum absolute atomic E-state index is 6.04. The Kier molecular flexibility index (Phi) is 3.27. The number of para-hydroxylation sites is 1. The highest BCUT2D eigenvalue weighted by atomic mass is 16.5. The molecule has 1 aromatic carbocycles. The Morgan fingerprint density at radius 2 is 2.00 bits per heavy atom. The monoisotopic (exact) mass is 247 g/mol. The van der Waals surface area contributed by atoms with E-state index in [1.54, 1.807) is 0 Å². The Labute approximate surface area is 108 Å². The first-order chi connectivity index (χ1) is 8.81. The van der Waals surface area contributed by atoms with E-state index in [2.05, 4.69) is 18.2 Å². The van der Waals surface area contributed by atoms with Crippen LogP contribution in [0.25, 0.3) is 0 Å². The highest BCUT2D eigenvalue weighted by Gasteiger charge is 2.36. The zero-order valence-corrected chi connectivity index (χ0v) is 10.7. The Balaban J connectivity index is 1.67. The van der Waals surface area contributed by atoms with Crippen molar-refractivity contribution in [1.29, 1.82) is 0 Å². The van der Waals surface area contributed by atoms with E-state index < -0.39 is 0 Å². The van der Waals surface area contributed by atoms with Crippen molar-refractivity contribution in [3.8, 4) is 5.75 Å². The molecule has 1 atom stereocenters. The summed E-state index contributed by atoms with van der Waals surface area (Å²) in [5.41, 5.74) is 7.57. The summed E-state index contributed by atoms with van der Waals surface area (Å²) in [5, 5.41) is 0. The van der Waals surface area contributed by atoms with Crippen molar-refractivity contribution in [3.63, 3.8) is 0 Å². The van der Waals surface area contributed by atoms with Crippen molar-refractivity contribution < 1.29 is 9.47 Å². The van der Waals surface area contributed by atoms with Crippen LogP contribution in [0.5, 0.6) is 5.75 Å². The minimum absolute atomic E-state index is 0.227. The highest BCUT2D eigenvalue weighted by molar-refractivity contribution is 5.37. The van der Waals surface area contributed by atoms with E-state index in [1.807, 2.05) is 6.07 Å². The second kappa shape index (κ2) is 4.90. The topological polar surface area (TPSA) is 44.5 Å². The molecule has 0 bridgehead atoms. The van der Waals surface area contributed by atoms with Crippen LogP contribution < -0.4 is 10.5 Å². The molecule has 1 aromatic rings. The molecule has 1 unspecified atom stereocenters. The molecule has 0 aliphatic carbocycles. The molecule has 2 aliphatic heterocycles. The summed E-state index contributed by atoms with van der Waals surface area (Å²) in [6.07, 6.45) is 4.52. The standard InChI is InChI=1S/C15H21NO2/c16-11-15(5-7-17-8-6-15)10-13-9-12-3-1-2-4-14(12)18-13/h1-4,13H,5-11,16H2. The summed E-state index contributed by atoms with van der Waals surface area (Å²) >= 11 is 0. The lowest BCUT2D eigenvalue weighted by atomic mass is 9.75. The molecule has 0 aromatic heterocycles. The second-order valence-corrected chi connectivity index (χ2v) is 5.57. The molecule has 3 heteroatoms. The van der Waals surface area contributed by atoms with Gasteiger partial charge in [0.2, 0.25) is 0 Å². The van der Waals surface area contributed by atoms with Crippen LogP contribution in [0, 0.1) is 5.41 Å². The Hall–Kier alpha value is -1.06. The van der Waals surface area contributed by atoms with Crippen LogP contribution in [0.2, 0.25) is 0 Å². The normalized spacial score (nSPS) is 25.5. The van der Waals surface area contributed by atoms with Crippen molar-refractivity contribution in [3.05, 3.63) is 29.8 Å². The lowest BCUT2D eigenvalue weighted by Gasteiger charge is -2.37. The van der Waals surface area contributed by atoms with Gasteiger partial charge in [0.15, 0.2) is 0 Å². The average molecular weight is 247 g/mol. The third-order valence-electron chi connectivity index (χ3n) is 4.36. The molecule has 0 spiro atoms. The largest absolute Gasteiger partial charge is 0.490 e. The van der Waals surface area contributed by atoms with Gasteiger partial charge in [-0.2, -0.15) is 0 Å². The van der Waals surface area contributed by atoms with E-state index >= 15 is 0 Å². The first-order valence-corrected chi connectivity index (χ1v) is 6.84. The quantitative estimate of drug-likeness (QED) is 0.890. The first kappa shape index (κ1) is 12.0. The van der Waals surface area contributed by atoms with E-state index in [0.29, 0.717) is 6.10 Å². The van der Waals surface area contributed by atoms with Crippen molar-refractivity contribution in [1.82, 2.24) is 0 Å². The fourth-order valence-corrected chi connectivity index (χ4v) is 3.15. The maximum Gasteiger partial charge on any atom is 0.123 e. The number of hydrogen-bond acceptors (Lipinski definition) is 3. The number of fused-ring (bicyclic) bond motifs is 1. The van der Waals surface area contributed by atoms with Crippen LogP contribution >= 0.6 is 0 Å². The molecule has 98 valence electrons. The predicted octanol–water partition coefficient (Wildman–Crippen LogP) is 2.14. The summed E-state index contributed by atoms with van der Waals surface area (Å²) in [7, 11) is 0. The molecule has 3 nitrogen and oxygen atoms in total. The highest BCUT2D eigenvalue weighted by Crippen LogP contribution is 2.39. The van der Waals surface area contributed by atoms with Crippen molar-refractivity contribution in [2.75, 3.05) is 19.8 Å². The molecule has 2 N–H and O–H groups in total. The van der Waals surface area contributed by atoms with Gasteiger partial charge in [0, 0.05) is 19.6 Å². The van der Waals surface area contributed by atoms with Gasteiger partial charge in [0.25, 0.3) is 0 Å². The third-order valence-corrected chi connectivity index (χ3v) is 4.36. The molecule has 3 rings (SSSR count). The van der Waals surface area contributed by atoms with E-state index in [9.17, 15) is 0 Å². The second-order valence-electron chi connectivity index (χ2n) is 5.57. The molecule has 18 heavy (non-hydrogen) atoms. The first-order valence-electron chi connectivity index (χ1n) is 6.84. The number of nitrogens with two attached hydrogens (primary N) is 1. The van der Waals surface area contributed by atoms with Gasteiger partial charge in [0.1, 0.15) is 11.9 Å². The van der Waals surface area contributed by atoms with Gasteiger partial charge in [0.05, 0.1) is 0 Å². The average Bonchev–Trinajstić information content (AvgIpc) is 2.81. The molecule has 0 saturated carbocycles. The number of hydrogen-bond donors (Lipinski definition) is 1. The number of rotatable bonds is 3. The van der Waals surface area contributed by atoms with E-state index in [0.717, 1.165) is 51.2 Å². The van der Waals surface area contributed by atoms with Gasteiger partial charge in [-0.3, -0.25) is 0 Å². The zero-order valence-electron chi connectivity index (χ0n) is 10.7. The molecule has 0 amide bonds. The van der Waals surface area contributed by atoms with Crippen LogP contribution in [0.1, 0.15) is 24.8 Å². The van der Waals surface area contributed by atoms with Crippen molar-refractivity contribution >= 4 is 0 Å². The van der Waals surface area contributed by atoms with Crippen LogP contribution in [0.15, 0.2) is 24.3 Å². The van der Waals surface area contributed by atoms with Crippen molar-refractivity contribution in [2.45, 2.75) is 31.8 Å². The summed E-state index contributed by atoms with van der Waals surface area (Å²) in [6.45, 7) is 2.43. The van der Waals surface area contributed by atoms with E-state index in [4.69, 9.17) is 15.2 Å². The SMILES string of the molecule is NCC1(CC2Cc3ccccc3O2)CCOCC1. The molecular weight excluding hydrogens is 226 g/mol. The summed E-state index contributed by atoms with van der Waals surface area (Å²) in [5.74, 6) is 1.06. The molecule has 1 saturated heterocycles. The van der Waals surface area contributed by atoms with E-state index in [-0.39, 0.29) is 5.41 Å². The summed E-state index contributed by atoms with van der Waals surface area (Å²) in [6, 6.07) is 8.34. The Morgan fingerprint density at radius 1 is 1.22 bits per heavy atom. The predicted molar refractivity (Wildman–Crippen MR) is 70.7 cm³/mol. The maximum atomic E-state index is 6.04. The summed E-state index contributed by atoms with van der Waals surface area (Å²) < 4.78 is 11.5. The molecule has 2 heterocycles. The van der Waals surface area contributed by atoms with Crippen LogP contribution in [0.3, 0.4) is 0 Å². The van der Waals surface area contributed by atoms with Gasteiger partial charge >= 0.3 is 0 Å². The fraction of sp³-hybridized carbons (Fsp3) is 0.600. The fourth-order valence-electron chi connectivity index (χ4n) is 3.15. The Morgan fingerprint density at radius 3 is 2.72 bits per heavy atom. The lowest BCUT2D eigenvalue weighted by molar-refractivity contribution is -0.00168. The van der Waals surface area contributed by atoms with Crippen LogP contribution in [0.4, 0.5) is 0 Å². The van der Waals surface area contributed by atoms with Gasteiger partial charge < -0.3 is 15.2 Å². The third kappa shape index (κ3) is 2.25. The number of ether oxygens (including phenoxy) is 2. The minimum atomic E-state index is 0.227. The van der Waals surface area contributed by atoms with Gasteiger partial charge in [-0.25, -0.2) is 0 Å². The van der Waals surface area contributed by atoms with Gasteiger partial charge in [-0.1, -0.05) is 18.2 Å². The lowest BCUT2D eigenvalue weighted by Crippen LogP contribution is -2.40. The smallest absolute Gasteiger partial charge is 0.123 e. The van der Waals surface area contributed by atoms with Crippen molar-refractivity contribution in [2.24, 2.45) is 11.1 Å².